The molecule has 0 radical (unpaired) electrons. The highest BCUT2D eigenvalue weighted by molar-refractivity contribution is 5.39. The predicted molar refractivity (Wildman–Crippen MR) is 154 cm³/mol. The first-order chi connectivity index (χ1) is 21.1. The van der Waals surface area contributed by atoms with Gasteiger partial charge in [0.05, 0.1) is 31.1 Å². The molecular formula is C32H38F3N3O6. The predicted octanol–water partition coefficient (Wildman–Crippen LogP) is 5.49. The van der Waals surface area contributed by atoms with Gasteiger partial charge in [0, 0.05) is 48.5 Å². The van der Waals surface area contributed by atoms with E-state index in [1.165, 1.54) is 12.4 Å². The van der Waals surface area contributed by atoms with E-state index in [1.54, 1.807) is 25.3 Å². The zero-order valence-electron chi connectivity index (χ0n) is 24.9. The largest absolute Gasteiger partial charge is 0.422 e. The van der Waals surface area contributed by atoms with Crippen molar-refractivity contribution in [2.45, 2.75) is 97.0 Å². The summed E-state index contributed by atoms with van der Waals surface area (Å²) in [7, 11) is 0. The second-order valence-corrected chi connectivity index (χ2v) is 11.2. The highest BCUT2D eigenvalue weighted by Gasteiger charge is 2.40. The SMILES string of the molecule is Cc1ccnc(Cn2ccc(C(O)c3nccc(C)c3COC3CCCCO3)c(C(F)(F)F)c2=O)c1COC1CCCCO1. The lowest BCUT2D eigenvalue weighted by molar-refractivity contribution is -0.169. The van der Waals surface area contributed by atoms with Crippen molar-refractivity contribution >= 4 is 0 Å². The van der Waals surface area contributed by atoms with Gasteiger partial charge in [-0.25, -0.2) is 0 Å². The van der Waals surface area contributed by atoms with E-state index in [4.69, 9.17) is 18.9 Å². The van der Waals surface area contributed by atoms with E-state index in [1.807, 2.05) is 6.92 Å². The molecule has 9 nitrogen and oxygen atoms in total. The average molecular weight is 618 g/mol. The number of hydrogen-bond donors (Lipinski definition) is 1. The lowest BCUT2D eigenvalue weighted by Crippen LogP contribution is -2.32. The summed E-state index contributed by atoms with van der Waals surface area (Å²) >= 11 is 0. The molecule has 0 aromatic carbocycles. The number of aliphatic hydroxyl groups is 1. The Bertz CT molecular complexity index is 1480. The Hall–Kier alpha value is -3.16. The Morgan fingerprint density at radius 2 is 1.52 bits per heavy atom. The van der Waals surface area contributed by atoms with Gasteiger partial charge in [-0.3, -0.25) is 14.8 Å². The number of aliphatic hydroxyl groups excluding tert-OH is 1. The van der Waals surface area contributed by atoms with E-state index >= 15 is 0 Å². The zero-order chi connectivity index (χ0) is 31.3. The van der Waals surface area contributed by atoms with Crippen LogP contribution in [0.15, 0.2) is 41.6 Å². The van der Waals surface area contributed by atoms with Crippen molar-refractivity contribution in [3.63, 3.8) is 0 Å². The number of halogens is 3. The molecule has 3 aromatic rings. The first-order valence-electron chi connectivity index (χ1n) is 15.0. The van der Waals surface area contributed by atoms with Crippen molar-refractivity contribution in [2.75, 3.05) is 13.2 Å². The highest BCUT2D eigenvalue weighted by Crippen LogP contribution is 2.35. The monoisotopic (exact) mass is 617 g/mol. The molecule has 1 N–H and O–H groups in total. The van der Waals surface area contributed by atoms with Crippen LogP contribution in [0.2, 0.25) is 0 Å². The Kier molecular flexibility index (Phi) is 10.5. The molecule has 3 atom stereocenters. The quantitative estimate of drug-likeness (QED) is 0.319. The smallest absolute Gasteiger partial charge is 0.382 e. The molecular weight excluding hydrogens is 579 g/mol. The Labute approximate surface area is 254 Å². The summed E-state index contributed by atoms with van der Waals surface area (Å²) in [6, 6.07) is 4.59. The molecule has 2 aliphatic rings. The number of ether oxygens (including phenoxy) is 4. The van der Waals surface area contributed by atoms with Crippen LogP contribution in [-0.4, -0.2) is 45.4 Å². The van der Waals surface area contributed by atoms with Crippen LogP contribution in [0.4, 0.5) is 13.2 Å². The van der Waals surface area contributed by atoms with Crippen LogP contribution >= 0.6 is 0 Å². The third-order valence-corrected chi connectivity index (χ3v) is 8.16. The minimum atomic E-state index is -5.04. The zero-order valence-corrected chi connectivity index (χ0v) is 24.9. The first-order valence-corrected chi connectivity index (χ1v) is 15.0. The fourth-order valence-electron chi connectivity index (χ4n) is 5.58. The van der Waals surface area contributed by atoms with Gasteiger partial charge in [0.15, 0.2) is 12.6 Å². The van der Waals surface area contributed by atoms with Gasteiger partial charge in [-0.2, -0.15) is 13.2 Å². The molecule has 3 aromatic heterocycles. The highest BCUT2D eigenvalue weighted by atomic mass is 19.4. The van der Waals surface area contributed by atoms with Gasteiger partial charge in [-0.05, 0) is 81.7 Å². The van der Waals surface area contributed by atoms with E-state index < -0.39 is 35.3 Å². The summed E-state index contributed by atoms with van der Waals surface area (Å²) < 4.78 is 67.5. The minimum Gasteiger partial charge on any atom is -0.382 e. The Morgan fingerprint density at radius 3 is 2.11 bits per heavy atom. The van der Waals surface area contributed by atoms with Gasteiger partial charge >= 0.3 is 6.18 Å². The molecule has 0 aliphatic carbocycles. The van der Waals surface area contributed by atoms with Gasteiger partial charge in [-0.1, -0.05) is 0 Å². The van der Waals surface area contributed by atoms with Crippen molar-refractivity contribution < 1.29 is 37.2 Å². The second-order valence-electron chi connectivity index (χ2n) is 11.2. The maximum absolute atomic E-state index is 14.5. The van der Waals surface area contributed by atoms with Crippen molar-refractivity contribution in [2.24, 2.45) is 0 Å². The molecule has 0 bridgehead atoms. The third-order valence-electron chi connectivity index (χ3n) is 8.16. The summed E-state index contributed by atoms with van der Waals surface area (Å²) in [6.45, 7) is 4.71. The average Bonchev–Trinajstić information content (AvgIpc) is 3.01. The topological polar surface area (TPSA) is 105 Å². The van der Waals surface area contributed by atoms with Gasteiger partial charge in [0.1, 0.15) is 11.7 Å². The molecule has 0 amide bonds. The van der Waals surface area contributed by atoms with Crippen LogP contribution in [0, 0.1) is 13.8 Å². The molecule has 5 heterocycles. The number of hydrogen-bond acceptors (Lipinski definition) is 8. The fourth-order valence-corrected chi connectivity index (χ4v) is 5.58. The molecule has 0 saturated carbocycles. The van der Waals surface area contributed by atoms with Crippen LogP contribution in [0.3, 0.4) is 0 Å². The van der Waals surface area contributed by atoms with Gasteiger partial charge < -0.3 is 28.6 Å². The number of nitrogens with zero attached hydrogens (tertiary/aromatic N) is 3. The molecule has 2 fully saturated rings. The van der Waals surface area contributed by atoms with Crippen LogP contribution in [0.5, 0.6) is 0 Å². The lowest BCUT2D eigenvalue weighted by atomic mass is 9.96. The van der Waals surface area contributed by atoms with Crippen molar-refractivity contribution in [1.82, 2.24) is 14.5 Å². The van der Waals surface area contributed by atoms with Crippen LogP contribution in [0.1, 0.15) is 89.4 Å². The molecule has 5 rings (SSSR count). The molecule has 2 aliphatic heterocycles. The summed E-state index contributed by atoms with van der Waals surface area (Å²) in [5.74, 6) is 0. The Balaban J connectivity index is 1.44. The van der Waals surface area contributed by atoms with E-state index in [2.05, 4.69) is 9.97 Å². The maximum atomic E-state index is 14.5. The normalized spacial score (nSPS) is 20.0. The number of aryl methyl sites for hydroxylation is 2. The van der Waals surface area contributed by atoms with Gasteiger partial charge in [0.2, 0.25) is 0 Å². The van der Waals surface area contributed by atoms with Gasteiger partial charge in [0.25, 0.3) is 5.56 Å². The minimum absolute atomic E-state index is 0.00632. The number of alkyl halides is 3. The van der Waals surface area contributed by atoms with E-state index in [-0.39, 0.29) is 31.7 Å². The first kappa shape index (κ1) is 32.2. The lowest BCUT2D eigenvalue weighted by Gasteiger charge is -2.25. The third kappa shape index (κ3) is 7.55. The van der Waals surface area contributed by atoms with Crippen LogP contribution in [0.25, 0.3) is 0 Å². The molecule has 3 unspecified atom stereocenters. The molecule has 44 heavy (non-hydrogen) atoms. The van der Waals surface area contributed by atoms with E-state index in [0.717, 1.165) is 48.3 Å². The second kappa shape index (κ2) is 14.3. The Morgan fingerprint density at radius 1 is 0.932 bits per heavy atom. The molecule has 0 spiro atoms. The molecule has 238 valence electrons. The van der Waals surface area contributed by atoms with E-state index in [9.17, 15) is 23.1 Å². The van der Waals surface area contributed by atoms with Crippen molar-refractivity contribution in [3.05, 3.63) is 91.9 Å². The fraction of sp³-hybridized carbons (Fsp3) is 0.531. The summed E-state index contributed by atoms with van der Waals surface area (Å²) in [6.07, 6.45) is 1.82. The van der Waals surface area contributed by atoms with Gasteiger partial charge in [-0.15, -0.1) is 0 Å². The summed E-state index contributed by atoms with van der Waals surface area (Å²) in [5, 5.41) is 11.3. The maximum Gasteiger partial charge on any atom is 0.422 e. The summed E-state index contributed by atoms with van der Waals surface area (Å²) in [5.41, 5.74) is -0.278. The van der Waals surface area contributed by atoms with Crippen LogP contribution in [-0.2, 0) is 44.9 Å². The number of aromatic nitrogens is 3. The number of rotatable bonds is 10. The molecule has 12 heteroatoms. The summed E-state index contributed by atoms with van der Waals surface area (Å²) in [4.78, 5) is 22.0. The van der Waals surface area contributed by atoms with Crippen molar-refractivity contribution in [3.8, 4) is 0 Å². The van der Waals surface area contributed by atoms with E-state index in [0.29, 0.717) is 42.0 Å². The standard InChI is InChI=1S/C32H38F3N3O6/c1-20-9-12-36-25(23(20)18-43-26-7-3-5-15-41-26)17-38-14-11-22(28(31(38)40)32(33,34)35)30(39)29-24(21(2)10-13-37-29)19-44-27-8-4-6-16-42-27/h9-14,26-27,30,39H,3-8,15-19H2,1-2H3. The van der Waals surface area contributed by atoms with Crippen molar-refractivity contribution in [1.29, 1.82) is 0 Å². The van der Waals surface area contributed by atoms with Crippen LogP contribution < -0.4 is 5.56 Å². The molecule has 2 saturated heterocycles. The number of pyridine rings is 3.